The van der Waals surface area contributed by atoms with Crippen molar-refractivity contribution in [3.05, 3.63) is 36.7 Å². The van der Waals surface area contributed by atoms with Gasteiger partial charge in [0.1, 0.15) is 5.52 Å². The van der Waals surface area contributed by atoms with Gasteiger partial charge >= 0.3 is 0 Å². The first-order valence-electron chi connectivity index (χ1n) is 4.59. The zero-order chi connectivity index (χ0) is 10.3. The molecule has 0 aliphatic rings. The second-order valence-electron chi connectivity index (χ2n) is 3.25. The van der Waals surface area contributed by atoms with Crippen LogP contribution in [0.4, 0.5) is 5.69 Å². The molecule has 0 amide bonds. The summed E-state index contributed by atoms with van der Waals surface area (Å²) in [5, 5.41) is 4.09. The van der Waals surface area contributed by atoms with Gasteiger partial charge in [0.2, 0.25) is 5.95 Å². The van der Waals surface area contributed by atoms with E-state index in [-0.39, 0.29) is 0 Å². The molecule has 3 N–H and O–H groups in total. The molecule has 0 aliphatic carbocycles. The van der Waals surface area contributed by atoms with Crippen molar-refractivity contribution in [2.24, 2.45) is 0 Å². The molecule has 0 fully saturated rings. The van der Waals surface area contributed by atoms with Crippen LogP contribution in [0.25, 0.3) is 17.0 Å². The fourth-order valence-corrected chi connectivity index (χ4v) is 1.54. The van der Waals surface area contributed by atoms with Crippen molar-refractivity contribution >= 4 is 16.7 Å². The third kappa shape index (κ3) is 1.17. The molecule has 0 aliphatic heterocycles. The number of nitrogens with zero attached hydrogens (tertiary/aromatic N) is 3. The average molecular weight is 199 g/mol. The third-order valence-corrected chi connectivity index (χ3v) is 2.25. The van der Waals surface area contributed by atoms with E-state index in [1.165, 1.54) is 0 Å². The molecule has 5 heteroatoms. The van der Waals surface area contributed by atoms with Gasteiger partial charge in [-0.15, -0.1) is 0 Å². The number of fused-ring (bicyclic) bond motifs is 1. The Morgan fingerprint density at radius 2 is 2.20 bits per heavy atom. The molecule has 74 valence electrons. The van der Waals surface area contributed by atoms with Gasteiger partial charge in [-0.1, -0.05) is 6.07 Å². The van der Waals surface area contributed by atoms with E-state index in [9.17, 15) is 0 Å². The van der Waals surface area contributed by atoms with Crippen molar-refractivity contribution in [2.45, 2.75) is 0 Å². The molecule has 0 spiro atoms. The number of para-hydroxylation sites is 1. The van der Waals surface area contributed by atoms with Crippen molar-refractivity contribution in [1.82, 2.24) is 19.7 Å². The SMILES string of the molecule is Nc1cccc2[nH]c(-n3cccn3)nc12. The van der Waals surface area contributed by atoms with E-state index >= 15 is 0 Å². The van der Waals surface area contributed by atoms with Gasteiger partial charge in [-0.2, -0.15) is 5.10 Å². The highest BCUT2D eigenvalue weighted by Crippen LogP contribution is 2.19. The van der Waals surface area contributed by atoms with Gasteiger partial charge in [-0.25, -0.2) is 9.67 Å². The number of aromatic nitrogens is 4. The summed E-state index contributed by atoms with van der Waals surface area (Å²) in [5.41, 5.74) is 8.18. The van der Waals surface area contributed by atoms with Crippen LogP contribution in [-0.2, 0) is 0 Å². The molecule has 0 saturated carbocycles. The van der Waals surface area contributed by atoms with E-state index in [0.29, 0.717) is 11.6 Å². The van der Waals surface area contributed by atoms with Crippen LogP contribution in [-0.4, -0.2) is 19.7 Å². The molecule has 15 heavy (non-hydrogen) atoms. The first kappa shape index (κ1) is 8.05. The number of benzene rings is 1. The summed E-state index contributed by atoms with van der Waals surface area (Å²) >= 11 is 0. The quantitative estimate of drug-likeness (QED) is 0.581. The number of H-pyrrole nitrogens is 1. The van der Waals surface area contributed by atoms with E-state index in [4.69, 9.17) is 5.73 Å². The van der Waals surface area contributed by atoms with Gasteiger partial charge < -0.3 is 10.7 Å². The Morgan fingerprint density at radius 1 is 1.27 bits per heavy atom. The minimum atomic E-state index is 0.669. The monoisotopic (exact) mass is 199 g/mol. The van der Waals surface area contributed by atoms with E-state index in [1.807, 2.05) is 30.5 Å². The summed E-state index contributed by atoms with van der Waals surface area (Å²) in [7, 11) is 0. The van der Waals surface area contributed by atoms with Gasteiger partial charge in [0.25, 0.3) is 0 Å². The molecule has 3 rings (SSSR count). The zero-order valence-corrected chi connectivity index (χ0v) is 7.88. The summed E-state index contributed by atoms with van der Waals surface area (Å²) < 4.78 is 1.67. The number of hydrogen-bond acceptors (Lipinski definition) is 3. The first-order chi connectivity index (χ1) is 7.34. The number of imidazole rings is 1. The maximum Gasteiger partial charge on any atom is 0.229 e. The average Bonchev–Trinajstić information content (AvgIpc) is 2.86. The second kappa shape index (κ2) is 2.84. The lowest BCUT2D eigenvalue weighted by Gasteiger charge is -1.91. The smallest absolute Gasteiger partial charge is 0.229 e. The Balaban J connectivity index is 2.27. The van der Waals surface area contributed by atoms with E-state index in [0.717, 1.165) is 11.0 Å². The van der Waals surface area contributed by atoms with Crippen LogP contribution >= 0.6 is 0 Å². The first-order valence-corrected chi connectivity index (χ1v) is 4.59. The normalized spacial score (nSPS) is 10.9. The van der Waals surface area contributed by atoms with Crippen LogP contribution < -0.4 is 5.73 Å². The molecular formula is C10H9N5. The van der Waals surface area contributed by atoms with Crippen LogP contribution in [0.1, 0.15) is 0 Å². The Kier molecular flexibility index (Phi) is 1.53. The molecule has 3 aromatic rings. The molecule has 5 nitrogen and oxygen atoms in total. The third-order valence-electron chi connectivity index (χ3n) is 2.25. The number of hydrogen-bond donors (Lipinski definition) is 2. The predicted molar refractivity (Wildman–Crippen MR) is 57.6 cm³/mol. The highest BCUT2D eigenvalue weighted by atomic mass is 15.3. The van der Waals surface area contributed by atoms with Gasteiger partial charge in [0, 0.05) is 12.4 Å². The van der Waals surface area contributed by atoms with Crippen molar-refractivity contribution < 1.29 is 0 Å². The van der Waals surface area contributed by atoms with Crippen molar-refractivity contribution in [1.29, 1.82) is 0 Å². The van der Waals surface area contributed by atoms with Crippen LogP contribution in [0.2, 0.25) is 0 Å². The topological polar surface area (TPSA) is 72.5 Å². The summed E-state index contributed by atoms with van der Waals surface area (Å²) in [6, 6.07) is 7.50. The van der Waals surface area contributed by atoms with E-state index in [2.05, 4.69) is 15.1 Å². The maximum atomic E-state index is 5.81. The summed E-state index contributed by atoms with van der Waals surface area (Å²) in [6.45, 7) is 0. The molecule has 2 heterocycles. The number of nitrogen functional groups attached to an aromatic ring is 1. The number of anilines is 1. The fraction of sp³-hybridized carbons (Fsp3) is 0. The summed E-state index contributed by atoms with van der Waals surface area (Å²) in [6.07, 6.45) is 3.53. The number of nitrogens with two attached hydrogens (primary N) is 1. The Labute approximate surface area is 85.5 Å². The lowest BCUT2D eigenvalue weighted by molar-refractivity contribution is 0.829. The van der Waals surface area contributed by atoms with Crippen molar-refractivity contribution in [3.8, 4) is 5.95 Å². The number of nitrogens with one attached hydrogen (secondary N) is 1. The standard InChI is InChI=1S/C10H9N5/c11-7-3-1-4-8-9(7)14-10(13-8)15-6-2-5-12-15/h1-6H,11H2,(H,13,14). The van der Waals surface area contributed by atoms with Crippen LogP contribution in [0.15, 0.2) is 36.7 Å². The Morgan fingerprint density at radius 3 is 2.93 bits per heavy atom. The maximum absolute atomic E-state index is 5.81. The molecular weight excluding hydrogens is 190 g/mol. The van der Waals surface area contributed by atoms with Crippen LogP contribution in [0.5, 0.6) is 0 Å². The molecule has 0 saturated heterocycles. The molecule has 0 radical (unpaired) electrons. The Hall–Kier alpha value is -2.30. The lowest BCUT2D eigenvalue weighted by atomic mass is 10.3. The van der Waals surface area contributed by atoms with Crippen LogP contribution in [0, 0.1) is 0 Å². The van der Waals surface area contributed by atoms with Crippen molar-refractivity contribution in [2.75, 3.05) is 5.73 Å². The summed E-state index contributed by atoms with van der Waals surface area (Å²) in [5.74, 6) is 0.674. The molecule has 0 atom stereocenters. The highest BCUT2D eigenvalue weighted by Gasteiger charge is 2.06. The summed E-state index contributed by atoms with van der Waals surface area (Å²) in [4.78, 5) is 7.52. The molecule has 0 unspecified atom stereocenters. The largest absolute Gasteiger partial charge is 0.397 e. The van der Waals surface area contributed by atoms with Gasteiger partial charge in [0.05, 0.1) is 11.2 Å². The van der Waals surface area contributed by atoms with Crippen LogP contribution in [0.3, 0.4) is 0 Å². The van der Waals surface area contributed by atoms with Gasteiger partial charge in [0.15, 0.2) is 0 Å². The molecule has 1 aromatic carbocycles. The zero-order valence-electron chi connectivity index (χ0n) is 7.88. The minimum Gasteiger partial charge on any atom is -0.397 e. The predicted octanol–water partition coefficient (Wildman–Crippen LogP) is 1.33. The van der Waals surface area contributed by atoms with Gasteiger partial charge in [-0.3, -0.25) is 0 Å². The van der Waals surface area contributed by atoms with E-state index < -0.39 is 0 Å². The van der Waals surface area contributed by atoms with Gasteiger partial charge in [-0.05, 0) is 18.2 Å². The lowest BCUT2D eigenvalue weighted by Crippen LogP contribution is -1.95. The molecule has 2 aromatic heterocycles. The van der Waals surface area contributed by atoms with E-state index in [1.54, 1.807) is 10.9 Å². The second-order valence-corrected chi connectivity index (χ2v) is 3.25. The fourth-order valence-electron chi connectivity index (χ4n) is 1.54. The number of aromatic amines is 1. The molecule has 0 bridgehead atoms. The number of rotatable bonds is 1. The minimum absolute atomic E-state index is 0.669. The van der Waals surface area contributed by atoms with Crippen molar-refractivity contribution in [3.63, 3.8) is 0 Å². The highest BCUT2D eigenvalue weighted by molar-refractivity contribution is 5.87. The Bertz CT molecular complexity index is 593.